The number of para-hydroxylation sites is 1. The van der Waals surface area contributed by atoms with Crippen LogP contribution in [0.3, 0.4) is 0 Å². The van der Waals surface area contributed by atoms with E-state index < -0.39 is 11.7 Å². The monoisotopic (exact) mass is 510 g/mol. The van der Waals surface area contributed by atoms with Crippen LogP contribution >= 0.6 is 0 Å². The molecule has 194 valence electrons. The highest BCUT2D eigenvalue weighted by Crippen LogP contribution is 2.36. The lowest BCUT2D eigenvalue weighted by Crippen LogP contribution is -2.35. The number of carbonyl (C=O) groups is 1. The van der Waals surface area contributed by atoms with Crippen LogP contribution in [0.15, 0.2) is 54.9 Å². The molecule has 1 aliphatic heterocycles. The van der Waals surface area contributed by atoms with Crippen molar-refractivity contribution in [1.82, 2.24) is 20.2 Å². The largest absolute Gasteiger partial charge is 0.494 e. The number of piperidine rings is 1. The van der Waals surface area contributed by atoms with Gasteiger partial charge >= 0.3 is 6.18 Å². The van der Waals surface area contributed by atoms with Gasteiger partial charge in [0.25, 0.3) is 5.91 Å². The minimum absolute atomic E-state index is 0.132. The van der Waals surface area contributed by atoms with E-state index in [-0.39, 0.29) is 5.91 Å². The third-order valence-electron chi connectivity index (χ3n) is 7.20. The minimum atomic E-state index is -4.34. The van der Waals surface area contributed by atoms with Gasteiger partial charge in [-0.05, 0) is 74.6 Å². The molecule has 0 unspecified atom stereocenters. The van der Waals surface area contributed by atoms with Crippen molar-refractivity contribution in [2.24, 2.45) is 0 Å². The number of carbonyl (C=O) groups excluding carboxylic acids is 1. The molecule has 2 N–H and O–H groups in total. The molecule has 0 aliphatic carbocycles. The summed E-state index contributed by atoms with van der Waals surface area (Å²) in [6, 6.07) is 11.2. The summed E-state index contributed by atoms with van der Waals surface area (Å²) < 4.78 is 44.4. The molecular formula is C28H29F3N4O2. The third kappa shape index (κ3) is 5.27. The van der Waals surface area contributed by atoms with Crippen LogP contribution in [-0.4, -0.2) is 54.1 Å². The zero-order valence-corrected chi connectivity index (χ0v) is 20.6. The van der Waals surface area contributed by atoms with Crippen molar-refractivity contribution >= 4 is 27.7 Å². The smallest absolute Gasteiger partial charge is 0.416 e. The number of halogens is 3. The highest BCUT2D eigenvalue weighted by molar-refractivity contribution is 6.07. The van der Waals surface area contributed by atoms with E-state index in [0.29, 0.717) is 34.8 Å². The van der Waals surface area contributed by atoms with Crippen molar-refractivity contribution in [3.05, 3.63) is 71.5 Å². The maximum atomic E-state index is 13.0. The van der Waals surface area contributed by atoms with Crippen molar-refractivity contribution in [2.75, 3.05) is 33.3 Å². The first-order valence-corrected chi connectivity index (χ1v) is 12.5. The van der Waals surface area contributed by atoms with Gasteiger partial charge in [-0.25, -0.2) is 0 Å². The summed E-state index contributed by atoms with van der Waals surface area (Å²) in [6.07, 6.45) is 1.86. The Morgan fingerprint density at radius 2 is 1.97 bits per heavy atom. The van der Waals surface area contributed by atoms with Gasteiger partial charge in [0.1, 0.15) is 11.3 Å². The quantitative estimate of drug-likeness (QED) is 0.311. The number of H-pyrrole nitrogens is 1. The van der Waals surface area contributed by atoms with E-state index in [9.17, 15) is 18.0 Å². The molecule has 0 radical (unpaired) electrons. The molecule has 9 heteroatoms. The second-order valence-electron chi connectivity index (χ2n) is 9.44. The molecule has 0 saturated carbocycles. The minimum Gasteiger partial charge on any atom is -0.494 e. The standard InChI is InChI=1S/C28H29F3N4O2/c1-37-25-5-2-4-21-22(8-12-32-26(21)25)27(36)33-11-3-13-35-14-9-18(10-15-35)23-17-34-24-16-19(28(29,30)31)6-7-20(23)24/h2,4-8,12,16-18,34H,3,9-11,13-15H2,1H3,(H,33,36). The van der Waals surface area contributed by atoms with Crippen LogP contribution < -0.4 is 10.1 Å². The SMILES string of the molecule is COc1cccc2c(C(=O)NCCCN3CCC(c4c[nH]c5cc(C(F)(F)F)ccc45)CC3)ccnc12. The Morgan fingerprint density at radius 1 is 1.16 bits per heavy atom. The topological polar surface area (TPSA) is 70.2 Å². The van der Waals surface area contributed by atoms with Crippen molar-refractivity contribution in [3.63, 3.8) is 0 Å². The predicted molar refractivity (Wildman–Crippen MR) is 137 cm³/mol. The Hall–Kier alpha value is -3.59. The number of hydrogen-bond donors (Lipinski definition) is 2. The second kappa shape index (κ2) is 10.4. The lowest BCUT2D eigenvalue weighted by molar-refractivity contribution is -0.137. The van der Waals surface area contributed by atoms with Gasteiger partial charge in [0.05, 0.1) is 18.2 Å². The molecule has 2 aromatic carbocycles. The van der Waals surface area contributed by atoms with Gasteiger partial charge in [-0.3, -0.25) is 9.78 Å². The van der Waals surface area contributed by atoms with Crippen LogP contribution in [0.2, 0.25) is 0 Å². The molecule has 1 amide bonds. The number of alkyl halides is 3. The van der Waals surface area contributed by atoms with Gasteiger partial charge < -0.3 is 19.9 Å². The number of likely N-dealkylation sites (tertiary alicyclic amines) is 1. The molecule has 4 aromatic rings. The summed E-state index contributed by atoms with van der Waals surface area (Å²) in [6.45, 7) is 3.28. The van der Waals surface area contributed by atoms with Crippen molar-refractivity contribution in [1.29, 1.82) is 0 Å². The maximum absolute atomic E-state index is 13.0. The van der Waals surface area contributed by atoms with Crippen LogP contribution in [0.4, 0.5) is 13.2 Å². The van der Waals surface area contributed by atoms with E-state index >= 15 is 0 Å². The summed E-state index contributed by atoms with van der Waals surface area (Å²) in [7, 11) is 1.58. The first-order chi connectivity index (χ1) is 17.8. The number of aromatic nitrogens is 2. The molecule has 0 spiro atoms. The average molecular weight is 511 g/mol. The number of aromatic amines is 1. The number of rotatable bonds is 7. The Labute approximate surface area is 212 Å². The maximum Gasteiger partial charge on any atom is 0.416 e. The highest BCUT2D eigenvalue weighted by Gasteiger charge is 2.31. The Morgan fingerprint density at radius 3 is 2.73 bits per heavy atom. The molecule has 1 fully saturated rings. The van der Waals surface area contributed by atoms with Crippen molar-refractivity contribution < 1.29 is 22.7 Å². The second-order valence-corrected chi connectivity index (χ2v) is 9.44. The van der Waals surface area contributed by atoms with Gasteiger partial charge in [-0.1, -0.05) is 18.2 Å². The fourth-order valence-corrected chi connectivity index (χ4v) is 5.24. The fraction of sp³-hybridized carbons (Fsp3) is 0.357. The first kappa shape index (κ1) is 25.1. The Balaban J connectivity index is 1.11. The number of hydrogen-bond acceptors (Lipinski definition) is 4. The predicted octanol–water partition coefficient (Wildman–Crippen LogP) is 5.74. The number of methoxy groups -OCH3 is 1. The van der Waals surface area contributed by atoms with Gasteiger partial charge in [-0.15, -0.1) is 0 Å². The van der Waals surface area contributed by atoms with Gasteiger partial charge in [0.2, 0.25) is 0 Å². The van der Waals surface area contributed by atoms with Crippen LogP contribution in [0.5, 0.6) is 5.75 Å². The summed E-state index contributed by atoms with van der Waals surface area (Å²) in [5.74, 6) is 0.819. The van der Waals surface area contributed by atoms with Crippen LogP contribution in [0, 0.1) is 0 Å². The number of nitrogens with zero attached hydrogens (tertiary/aromatic N) is 2. The zero-order chi connectivity index (χ0) is 26.0. The first-order valence-electron chi connectivity index (χ1n) is 12.5. The summed E-state index contributed by atoms with van der Waals surface area (Å²) in [5, 5.41) is 4.64. The van der Waals surface area contributed by atoms with Crippen molar-refractivity contribution in [3.8, 4) is 5.75 Å². The third-order valence-corrected chi connectivity index (χ3v) is 7.20. The zero-order valence-electron chi connectivity index (χ0n) is 20.6. The fourth-order valence-electron chi connectivity index (χ4n) is 5.24. The molecule has 0 bridgehead atoms. The van der Waals surface area contributed by atoms with Crippen LogP contribution in [-0.2, 0) is 6.18 Å². The number of amides is 1. The molecule has 1 saturated heterocycles. The summed E-state index contributed by atoms with van der Waals surface area (Å²) >= 11 is 0. The Bertz CT molecular complexity index is 1410. The highest BCUT2D eigenvalue weighted by atomic mass is 19.4. The molecule has 1 aliphatic rings. The summed E-state index contributed by atoms with van der Waals surface area (Å²) in [4.78, 5) is 22.6. The number of pyridine rings is 1. The van der Waals surface area contributed by atoms with E-state index in [0.717, 1.165) is 61.3 Å². The lowest BCUT2D eigenvalue weighted by Gasteiger charge is -2.32. The number of ether oxygens (including phenoxy) is 1. The van der Waals surface area contributed by atoms with Crippen LogP contribution in [0.1, 0.15) is 46.7 Å². The molecule has 3 heterocycles. The molecule has 6 nitrogen and oxygen atoms in total. The average Bonchev–Trinajstić information content (AvgIpc) is 3.33. The number of fused-ring (bicyclic) bond motifs is 2. The lowest BCUT2D eigenvalue weighted by atomic mass is 9.89. The van der Waals surface area contributed by atoms with E-state index in [2.05, 4.69) is 20.2 Å². The normalized spacial score (nSPS) is 15.4. The van der Waals surface area contributed by atoms with Gasteiger partial charge in [0, 0.05) is 35.2 Å². The van der Waals surface area contributed by atoms with Gasteiger partial charge in [-0.2, -0.15) is 13.2 Å². The van der Waals surface area contributed by atoms with Crippen molar-refractivity contribution in [2.45, 2.75) is 31.4 Å². The van der Waals surface area contributed by atoms with E-state index in [1.807, 2.05) is 24.4 Å². The van der Waals surface area contributed by atoms with Crippen LogP contribution in [0.25, 0.3) is 21.8 Å². The molecule has 2 aromatic heterocycles. The van der Waals surface area contributed by atoms with E-state index in [1.165, 1.54) is 6.07 Å². The number of nitrogens with one attached hydrogen (secondary N) is 2. The van der Waals surface area contributed by atoms with E-state index in [1.54, 1.807) is 25.4 Å². The van der Waals surface area contributed by atoms with Gasteiger partial charge in [0.15, 0.2) is 0 Å². The molecule has 37 heavy (non-hydrogen) atoms. The molecule has 0 atom stereocenters. The molecular weight excluding hydrogens is 481 g/mol. The Kier molecular flexibility index (Phi) is 7.06. The van der Waals surface area contributed by atoms with E-state index in [4.69, 9.17) is 4.74 Å². The number of benzene rings is 2. The summed E-state index contributed by atoms with van der Waals surface area (Å²) in [5.41, 5.74) is 2.23. The molecule has 5 rings (SSSR count).